The smallest absolute Gasteiger partial charge is 0.254 e. The summed E-state index contributed by atoms with van der Waals surface area (Å²) in [6.07, 6.45) is 5.36. The van der Waals surface area contributed by atoms with E-state index in [1.165, 1.54) is 18.4 Å². The average Bonchev–Trinajstić information content (AvgIpc) is 3.41. The summed E-state index contributed by atoms with van der Waals surface area (Å²) in [4.78, 5) is 26.4. The molecule has 0 unspecified atom stereocenters. The summed E-state index contributed by atoms with van der Waals surface area (Å²) in [5, 5.41) is 7.27. The van der Waals surface area contributed by atoms with E-state index in [1.807, 2.05) is 6.20 Å². The molecule has 150 valence electrons. The van der Waals surface area contributed by atoms with E-state index in [2.05, 4.69) is 10.4 Å². The maximum Gasteiger partial charge on any atom is 0.254 e. The molecule has 4 rings (SSSR count). The van der Waals surface area contributed by atoms with Crippen LogP contribution in [0.2, 0.25) is 0 Å². The van der Waals surface area contributed by atoms with Crippen molar-refractivity contribution < 1.29 is 18.4 Å². The summed E-state index contributed by atoms with van der Waals surface area (Å²) in [5.41, 5.74) is 2.08. The molecule has 2 atom stereocenters. The first-order valence-corrected chi connectivity index (χ1v) is 9.32. The number of furan rings is 1. The molecule has 0 saturated carbocycles. The molecule has 1 aliphatic heterocycles. The Kier molecular flexibility index (Phi) is 4.92. The van der Waals surface area contributed by atoms with Crippen LogP contribution in [0.1, 0.15) is 34.1 Å². The van der Waals surface area contributed by atoms with Crippen LogP contribution in [0.15, 0.2) is 53.4 Å². The van der Waals surface area contributed by atoms with Crippen LogP contribution in [0.4, 0.5) is 4.39 Å². The predicted molar refractivity (Wildman–Crippen MR) is 103 cm³/mol. The Bertz CT molecular complexity index is 1040. The minimum absolute atomic E-state index is 0.0169. The van der Waals surface area contributed by atoms with E-state index in [0.717, 1.165) is 11.3 Å². The molecule has 2 amide bonds. The molecule has 29 heavy (non-hydrogen) atoms. The van der Waals surface area contributed by atoms with Crippen LogP contribution in [0.3, 0.4) is 0 Å². The van der Waals surface area contributed by atoms with Crippen molar-refractivity contribution >= 4 is 11.8 Å². The topological polar surface area (TPSA) is 80.4 Å². The van der Waals surface area contributed by atoms with Crippen LogP contribution >= 0.6 is 0 Å². The number of benzene rings is 1. The average molecular weight is 396 g/mol. The van der Waals surface area contributed by atoms with E-state index in [1.54, 1.807) is 47.9 Å². The summed E-state index contributed by atoms with van der Waals surface area (Å²) in [5.74, 6) is -0.0537. The predicted octanol–water partition coefficient (Wildman–Crippen LogP) is 2.86. The van der Waals surface area contributed by atoms with Crippen molar-refractivity contribution in [3.63, 3.8) is 0 Å². The Balaban J connectivity index is 1.51. The molecule has 1 saturated heterocycles. The quantitative estimate of drug-likeness (QED) is 0.719. The van der Waals surface area contributed by atoms with E-state index in [-0.39, 0.29) is 29.6 Å². The zero-order valence-electron chi connectivity index (χ0n) is 16.1. The molecule has 2 aromatic heterocycles. The van der Waals surface area contributed by atoms with Crippen molar-refractivity contribution in [3.8, 4) is 5.69 Å². The molecule has 7 nitrogen and oxygen atoms in total. The zero-order chi connectivity index (χ0) is 20.5. The van der Waals surface area contributed by atoms with Gasteiger partial charge in [0.05, 0.1) is 29.8 Å². The van der Waals surface area contributed by atoms with Crippen molar-refractivity contribution in [2.45, 2.75) is 19.4 Å². The fraction of sp³-hybridized carbons (Fsp3) is 0.286. The van der Waals surface area contributed by atoms with E-state index in [0.29, 0.717) is 24.3 Å². The zero-order valence-corrected chi connectivity index (χ0v) is 16.1. The van der Waals surface area contributed by atoms with Gasteiger partial charge >= 0.3 is 0 Å². The third kappa shape index (κ3) is 3.65. The molecule has 1 aromatic carbocycles. The number of nitrogens with one attached hydrogen (secondary N) is 1. The molecular weight excluding hydrogens is 375 g/mol. The molecule has 3 aromatic rings. The van der Waals surface area contributed by atoms with Gasteiger partial charge in [0, 0.05) is 37.7 Å². The van der Waals surface area contributed by atoms with E-state index in [4.69, 9.17) is 4.42 Å². The standard InChI is InChI=1S/C21H21FN4O3/c1-13-18(7-8-29-13)21(28)23-10-14-9-19(27)25(2)20(14)15-11-24-26(12-15)17-5-3-16(22)4-6-17/h3-8,11-12,14,20H,9-10H2,1-2H3,(H,23,28)/t14-,20+/m0/s1. The monoisotopic (exact) mass is 396 g/mol. The minimum atomic E-state index is -0.314. The highest BCUT2D eigenvalue weighted by atomic mass is 19.1. The normalized spacial score (nSPS) is 19.0. The summed E-state index contributed by atoms with van der Waals surface area (Å²) in [6.45, 7) is 2.08. The number of aromatic nitrogens is 2. The number of amides is 2. The fourth-order valence-corrected chi connectivity index (χ4v) is 3.79. The molecule has 0 aliphatic carbocycles. The van der Waals surface area contributed by atoms with Crippen LogP contribution in [0, 0.1) is 18.7 Å². The van der Waals surface area contributed by atoms with Gasteiger partial charge in [-0.3, -0.25) is 9.59 Å². The molecule has 8 heteroatoms. The molecule has 3 heterocycles. The Morgan fingerprint density at radius 3 is 2.76 bits per heavy atom. The maximum atomic E-state index is 13.2. The van der Waals surface area contributed by atoms with Gasteiger partial charge in [0.15, 0.2) is 0 Å². The Hall–Kier alpha value is -3.42. The Morgan fingerprint density at radius 1 is 1.31 bits per heavy atom. The van der Waals surface area contributed by atoms with Gasteiger partial charge in [0.2, 0.25) is 5.91 Å². The number of nitrogens with zero attached hydrogens (tertiary/aromatic N) is 3. The lowest BCUT2D eigenvalue weighted by atomic mass is 9.95. The van der Waals surface area contributed by atoms with Crippen LogP contribution in [0.25, 0.3) is 5.69 Å². The van der Waals surface area contributed by atoms with Crippen LogP contribution in [-0.2, 0) is 4.79 Å². The number of halogens is 1. The molecule has 0 bridgehead atoms. The van der Waals surface area contributed by atoms with Gasteiger partial charge in [-0.2, -0.15) is 5.10 Å². The highest BCUT2D eigenvalue weighted by Gasteiger charge is 2.39. The number of carbonyl (C=O) groups excluding carboxylic acids is 2. The van der Waals surface area contributed by atoms with Crippen LogP contribution < -0.4 is 5.32 Å². The SMILES string of the molecule is Cc1occc1C(=O)NC[C@@H]1CC(=O)N(C)[C@H]1c1cnn(-c2ccc(F)cc2)c1. The number of hydrogen-bond donors (Lipinski definition) is 1. The van der Waals surface area contributed by atoms with Gasteiger partial charge in [0.25, 0.3) is 5.91 Å². The van der Waals surface area contributed by atoms with Crippen LogP contribution in [0.5, 0.6) is 0 Å². The van der Waals surface area contributed by atoms with Crippen molar-refractivity contribution in [2.75, 3.05) is 13.6 Å². The van der Waals surface area contributed by atoms with Gasteiger partial charge in [-0.1, -0.05) is 0 Å². The number of rotatable bonds is 5. The van der Waals surface area contributed by atoms with E-state index >= 15 is 0 Å². The lowest BCUT2D eigenvalue weighted by Gasteiger charge is -2.24. The lowest BCUT2D eigenvalue weighted by molar-refractivity contribution is -0.127. The summed E-state index contributed by atoms with van der Waals surface area (Å²) in [6, 6.07) is 7.44. The summed E-state index contributed by atoms with van der Waals surface area (Å²) >= 11 is 0. The van der Waals surface area contributed by atoms with Crippen molar-refractivity contribution in [1.29, 1.82) is 0 Å². The second-order valence-electron chi connectivity index (χ2n) is 7.21. The Labute approximate surface area is 167 Å². The third-order valence-electron chi connectivity index (χ3n) is 5.36. The molecule has 0 spiro atoms. The number of aryl methyl sites for hydroxylation is 1. The first-order valence-electron chi connectivity index (χ1n) is 9.32. The highest BCUT2D eigenvalue weighted by molar-refractivity contribution is 5.95. The van der Waals surface area contributed by atoms with E-state index < -0.39 is 0 Å². The number of carbonyl (C=O) groups is 2. The number of likely N-dealkylation sites (tertiary alicyclic amines) is 1. The Morgan fingerprint density at radius 2 is 2.07 bits per heavy atom. The minimum Gasteiger partial charge on any atom is -0.469 e. The van der Waals surface area contributed by atoms with Gasteiger partial charge < -0.3 is 14.6 Å². The van der Waals surface area contributed by atoms with Crippen molar-refractivity contribution in [3.05, 3.63) is 71.7 Å². The molecule has 1 aliphatic rings. The number of hydrogen-bond acceptors (Lipinski definition) is 4. The lowest BCUT2D eigenvalue weighted by Crippen LogP contribution is -2.32. The largest absolute Gasteiger partial charge is 0.469 e. The fourth-order valence-electron chi connectivity index (χ4n) is 3.79. The molecule has 1 N–H and O–H groups in total. The van der Waals surface area contributed by atoms with Gasteiger partial charge in [-0.15, -0.1) is 0 Å². The van der Waals surface area contributed by atoms with Crippen LogP contribution in [-0.4, -0.2) is 40.1 Å². The first kappa shape index (κ1) is 18.9. The molecule has 0 radical (unpaired) electrons. The van der Waals surface area contributed by atoms with Crippen molar-refractivity contribution in [1.82, 2.24) is 20.0 Å². The second-order valence-corrected chi connectivity index (χ2v) is 7.21. The third-order valence-corrected chi connectivity index (χ3v) is 5.36. The summed E-state index contributed by atoms with van der Waals surface area (Å²) in [7, 11) is 1.75. The van der Waals surface area contributed by atoms with Gasteiger partial charge in [-0.25, -0.2) is 9.07 Å². The molecule has 1 fully saturated rings. The molecular formula is C21H21FN4O3. The van der Waals surface area contributed by atoms with E-state index in [9.17, 15) is 14.0 Å². The van der Waals surface area contributed by atoms with Gasteiger partial charge in [-0.05, 0) is 37.3 Å². The first-order chi connectivity index (χ1) is 13.9. The van der Waals surface area contributed by atoms with Gasteiger partial charge in [0.1, 0.15) is 11.6 Å². The maximum absolute atomic E-state index is 13.2. The highest BCUT2D eigenvalue weighted by Crippen LogP contribution is 2.36. The van der Waals surface area contributed by atoms with Crippen molar-refractivity contribution in [2.24, 2.45) is 5.92 Å². The second kappa shape index (κ2) is 7.54. The summed E-state index contributed by atoms with van der Waals surface area (Å²) < 4.78 is 20.0.